The monoisotopic (exact) mass is 507 g/mol. The Bertz CT molecular complexity index is 1200. The highest BCUT2D eigenvalue weighted by Gasteiger charge is 2.26. The van der Waals surface area contributed by atoms with Crippen LogP contribution in [0.25, 0.3) is 11.3 Å². The number of halogens is 1. The summed E-state index contributed by atoms with van der Waals surface area (Å²) in [7, 11) is 1.56. The third kappa shape index (κ3) is 5.94. The molecule has 0 aliphatic carbocycles. The zero-order chi connectivity index (χ0) is 25.5. The zero-order valence-electron chi connectivity index (χ0n) is 20.6. The number of hydrogen-bond donors (Lipinski definition) is 0. The van der Waals surface area contributed by atoms with Crippen molar-refractivity contribution in [3.8, 4) is 17.0 Å². The molecule has 1 aliphatic rings. The Hall–Kier alpha value is -3.65. The third-order valence-electron chi connectivity index (χ3n) is 6.18. The summed E-state index contributed by atoms with van der Waals surface area (Å²) in [5, 5.41) is 9.37. The molecular weight excluding hydrogens is 478 g/mol. The van der Waals surface area contributed by atoms with E-state index in [0.717, 1.165) is 23.5 Å². The van der Waals surface area contributed by atoms with Gasteiger partial charge in [-0.05, 0) is 42.8 Å². The SMILES string of the molecule is CCCN(CC(=O)N1CCN(c2ccc(-c3ccccc3Cl)nn2)CC1)C(=O)c1cccc(OC)c1. The predicted molar refractivity (Wildman–Crippen MR) is 140 cm³/mol. The number of ether oxygens (including phenoxy) is 1. The highest BCUT2D eigenvalue weighted by atomic mass is 35.5. The normalized spacial score (nSPS) is 13.4. The van der Waals surface area contributed by atoms with Crippen LogP contribution >= 0.6 is 11.6 Å². The number of carbonyl (C=O) groups is 2. The van der Waals surface area contributed by atoms with E-state index in [2.05, 4.69) is 15.1 Å². The van der Waals surface area contributed by atoms with Gasteiger partial charge in [0.1, 0.15) is 12.3 Å². The smallest absolute Gasteiger partial charge is 0.254 e. The van der Waals surface area contributed by atoms with Crippen LogP contribution in [0.15, 0.2) is 60.7 Å². The molecule has 0 bridgehead atoms. The number of anilines is 1. The lowest BCUT2D eigenvalue weighted by Gasteiger charge is -2.36. The van der Waals surface area contributed by atoms with Crippen molar-refractivity contribution < 1.29 is 14.3 Å². The molecule has 8 nitrogen and oxygen atoms in total. The molecule has 9 heteroatoms. The van der Waals surface area contributed by atoms with Crippen LogP contribution in [0.5, 0.6) is 5.75 Å². The van der Waals surface area contributed by atoms with E-state index in [1.54, 1.807) is 36.3 Å². The summed E-state index contributed by atoms with van der Waals surface area (Å²) in [6.45, 7) is 4.95. The van der Waals surface area contributed by atoms with Gasteiger partial charge in [0.05, 0.1) is 17.8 Å². The second-order valence-corrected chi connectivity index (χ2v) is 8.99. The molecule has 0 unspecified atom stereocenters. The van der Waals surface area contributed by atoms with E-state index in [9.17, 15) is 9.59 Å². The van der Waals surface area contributed by atoms with Crippen molar-refractivity contribution in [2.75, 3.05) is 51.3 Å². The van der Waals surface area contributed by atoms with Gasteiger partial charge < -0.3 is 19.4 Å². The molecule has 2 heterocycles. The van der Waals surface area contributed by atoms with Crippen LogP contribution in [0.1, 0.15) is 23.7 Å². The van der Waals surface area contributed by atoms with Gasteiger partial charge in [-0.15, -0.1) is 10.2 Å². The summed E-state index contributed by atoms with van der Waals surface area (Å²) in [5.41, 5.74) is 2.07. The van der Waals surface area contributed by atoms with Crippen molar-refractivity contribution >= 4 is 29.2 Å². The van der Waals surface area contributed by atoms with Gasteiger partial charge in [0.2, 0.25) is 5.91 Å². The maximum absolute atomic E-state index is 13.1. The van der Waals surface area contributed by atoms with Crippen LogP contribution in [-0.4, -0.2) is 78.2 Å². The van der Waals surface area contributed by atoms with Crippen molar-refractivity contribution in [2.45, 2.75) is 13.3 Å². The molecule has 0 atom stereocenters. The van der Waals surface area contributed by atoms with Crippen LogP contribution < -0.4 is 9.64 Å². The second kappa shape index (κ2) is 11.9. The standard InChI is InChI=1S/C27H30ClN5O3/c1-3-13-33(27(35)20-7-6-8-21(18-20)36-2)19-26(34)32-16-14-31(15-17-32)25-12-11-24(29-30-25)22-9-4-5-10-23(22)28/h4-12,18H,3,13-17,19H2,1-2H3. The number of nitrogens with zero attached hydrogens (tertiary/aromatic N) is 5. The van der Waals surface area contributed by atoms with Gasteiger partial charge in [0, 0.05) is 43.9 Å². The zero-order valence-corrected chi connectivity index (χ0v) is 21.3. The van der Waals surface area contributed by atoms with Gasteiger partial charge >= 0.3 is 0 Å². The number of aromatic nitrogens is 2. The maximum Gasteiger partial charge on any atom is 0.254 e. The lowest BCUT2D eigenvalue weighted by atomic mass is 10.1. The first-order valence-corrected chi connectivity index (χ1v) is 12.4. The molecule has 2 aromatic carbocycles. The summed E-state index contributed by atoms with van der Waals surface area (Å²) in [5.74, 6) is 1.15. The van der Waals surface area contributed by atoms with Gasteiger partial charge in [-0.1, -0.05) is 42.8 Å². The average Bonchev–Trinajstić information content (AvgIpc) is 2.93. The fourth-order valence-corrected chi connectivity index (χ4v) is 4.45. The first-order chi connectivity index (χ1) is 17.5. The van der Waals surface area contributed by atoms with E-state index >= 15 is 0 Å². The van der Waals surface area contributed by atoms with Crippen LogP contribution in [-0.2, 0) is 4.79 Å². The molecule has 0 radical (unpaired) electrons. The largest absolute Gasteiger partial charge is 0.497 e. The van der Waals surface area contributed by atoms with E-state index in [1.807, 2.05) is 48.2 Å². The molecule has 0 spiro atoms. The molecule has 4 rings (SSSR count). The topological polar surface area (TPSA) is 78.9 Å². The van der Waals surface area contributed by atoms with E-state index in [-0.39, 0.29) is 18.4 Å². The van der Waals surface area contributed by atoms with Gasteiger partial charge in [-0.3, -0.25) is 9.59 Å². The summed E-state index contributed by atoms with van der Waals surface area (Å²) in [4.78, 5) is 31.7. The van der Waals surface area contributed by atoms with Gasteiger partial charge in [0.15, 0.2) is 5.82 Å². The van der Waals surface area contributed by atoms with E-state index < -0.39 is 0 Å². The number of methoxy groups -OCH3 is 1. The Labute approximate surface area is 216 Å². The number of hydrogen-bond acceptors (Lipinski definition) is 6. The Kier molecular flexibility index (Phi) is 8.38. The number of piperazine rings is 1. The predicted octanol–water partition coefficient (Wildman–Crippen LogP) is 4.01. The molecule has 188 valence electrons. The van der Waals surface area contributed by atoms with Gasteiger partial charge in [-0.25, -0.2) is 0 Å². The van der Waals surface area contributed by atoms with Crippen LogP contribution in [0.2, 0.25) is 5.02 Å². The number of amides is 2. The Morgan fingerprint density at radius 2 is 1.78 bits per heavy atom. The molecule has 1 fully saturated rings. The lowest BCUT2D eigenvalue weighted by Crippen LogP contribution is -2.52. The molecule has 1 aromatic heterocycles. The number of benzene rings is 2. The highest BCUT2D eigenvalue weighted by molar-refractivity contribution is 6.33. The van der Waals surface area contributed by atoms with Crippen molar-refractivity contribution in [2.24, 2.45) is 0 Å². The van der Waals surface area contributed by atoms with Crippen molar-refractivity contribution in [3.05, 3.63) is 71.2 Å². The second-order valence-electron chi connectivity index (χ2n) is 8.58. The first kappa shape index (κ1) is 25.4. The van der Waals surface area contributed by atoms with Crippen LogP contribution in [0.3, 0.4) is 0 Å². The number of rotatable bonds is 8. The quantitative estimate of drug-likeness (QED) is 0.458. The Balaban J connectivity index is 1.35. The van der Waals surface area contributed by atoms with Crippen LogP contribution in [0, 0.1) is 0 Å². The first-order valence-electron chi connectivity index (χ1n) is 12.0. The highest BCUT2D eigenvalue weighted by Crippen LogP contribution is 2.26. The van der Waals surface area contributed by atoms with Crippen molar-refractivity contribution in [3.63, 3.8) is 0 Å². The summed E-state index contributed by atoms with van der Waals surface area (Å²) >= 11 is 6.27. The molecular formula is C27H30ClN5O3. The minimum absolute atomic E-state index is 0.0518. The molecule has 0 N–H and O–H groups in total. The Morgan fingerprint density at radius 3 is 2.44 bits per heavy atom. The fraction of sp³-hybridized carbons (Fsp3) is 0.333. The molecule has 36 heavy (non-hydrogen) atoms. The van der Waals surface area contributed by atoms with Crippen molar-refractivity contribution in [1.82, 2.24) is 20.0 Å². The average molecular weight is 508 g/mol. The molecule has 3 aromatic rings. The summed E-state index contributed by atoms with van der Waals surface area (Å²) in [6, 6.07) is 18.4. The fourth-order valence-electron chi connectivity index (χ4n) is 4.22. The van der Waals surface area contributed by atoms with E-state index in [0.29, 0.717) is 49.1 Å². The van der Waals surface area contributed by atoms with Gasteiger partial charge in [-0.2, -0.15) is 0 Å². The minimum Gasteiger partial charge on any atom is -0.497 e. The minimum atomic E-state index is -0.170. The number of carbonyl (C=O) groups excluding carboxylic acids is 2. The van der Waals surface area contributed by atoms with Crippen LogP contribution in [0.4, 0.5) is 5.82 Å². The van der Waals surface area contributed by atoms with E-state index in [4.69, 9.17) is 16.3 Å². The van der Waals surface area contributed by atoms with Crippen molar-refractivity contribution in [1.29, 1.82) is 0 Å². The summed E-state index contributed by atoms with van der Waals surface area (Å²) in [6.07, 6.45) is 0.764. The molecule has 1 saturated heterocycles. The molecule has 2 amide bonds. The lowest BCUT2D eigenvalue weighted by molar-refractivity contribution is -0.132. The summed E-state index contributed by atoms with van der Waals surface area (Å²) < 4.78 is 5.24. The van der Waals surface area contributed by atoms with E-state index in [1.165, 1.54) is 0 Å². The van der Waals surface area contributed by atoms with Gasteiger partial charge in [0.25, 0.3) is 5.91 Å². The maximum atomic E-state index is 13.1. The Morgan fingerprint density at radius 1 is 1.00 bits per heavy atom. The third-order valence-corrected chi connectivity index (χ3v) is 6.51. The molecule has 1 aliphatic heterocycles. The molecule has 0 saturated carbocycles.